The number of rotatable bonds is 8. The molecule has 0 aromatic carbocycles. The minimum absolute atomic E-state index is 0.0266. The molecule has 1 aliphatic heterocycles. The summed E-state index contributed by atoms with van der Waals surface area (Å²) in [6.07, 6.45) is 3.13. The molecule has 8 heteroatoms. The Balaban J connectivity index is 1.77. The molecule has 0 aromatic heterocycles. The third-order valence-electron chi connectivity index (χ3n) is 5.77. The van der Waals surface area contributed by atoms with E-state index >= 15 is 0 Å². The number of alkyl halides is 2. The van der Waals surface area contributed by atoms with Gasteiger partial charge in [0, 0.05) is 52.9 Å². The van der Waals surface area contributed by atoms with E-state index in [1.807, 2.05) is 4.90 Å². The summed E-state index contributed by atoms with van der Waals surface area (Å²) in [7, 11) is 1.51. The maximum Gasteiger partial charge on any atom is 0.248 e. The Labute approximate surface area is 159 Å². The maximum absolute atomic E-state index is 13.0. The van der Waals surface area contributed by atoms with Crippen molar-refractivity contribution in [3.8, 4) is 0 Å². The lowest BCUT2D eigenvalue weighted by Crippen LogP contribution is -2.43. The number of halogens is 2. The second-order valence-corrected chi connectivity index (χ2v) is 7.90. The van der Waals surface area contributed by atoms with Crippen molar-refractivity contribution in [2.24, 2.45) is 11.8 Å². The highest BCUT2D eigenvalue weighted by atomic mass is 19.3. The van der Waals surface area contributed by atoms with E-state index in [4.69, 9.17) is 0 Å². The second kappa shape index (κ2) is 9.46. The standard InChI is InChI=1S/C19H31F2N3O3/c1-14(25)23-8-5-15(6-9-23)3-4-18(27)24(13-17(26)22-2)10-7-16-11-19(20,21)12-16/h15-16H,3-13H2,1-2H3,(H,22,26). The minimum Gasteiger partial charge on any atom is -0.358 e. The van der Waals surface area contributed by atoms with Crippen molar-refractivity contribution in [2.45, 2.75) is 57.8 Å². The zero-order chi connectivity index (χ0) is 20.0. The van der Waals surface area contributed by atoms with Crippen molar-refractivity contribution in [3.63, 3.8) is 0 Å². The zero-order valence-corrected chi connectivity index (χ0v) is 16.3. The highest BCUT2D eigenvalue weighted by molar-refractivity contribution is 5.84. The van der Waals surface area contributed by atoms with E-state index in [0.29, 0.717) is 25.3 Å². The number of piperidine rings is 1. The fraction of sp³-hybridized carbons (Fsp3) is 0.842. The lowest BCUT2D eigenvalue weighted by atomic mass is 9.79. The molecule has 0 bridgehead atoms. The third kappa shape index (κ3) is 6.74. The highest BCUT2D eigenvalue weighted by Gasteiger charge is 2.44. The van der Waals surface area contributed by atoms with Gasteiger partial charge in [-0.3, -0.25) is 14.4 Å². The smallest absolute Gasteiger partial charge is 0.248 e. The van der Waals surface area contributed by atoms with Crippen molar-refractivity contribution in [3.05, 3.63) is 0 Å². The molecule has 2 rings (SSSR count). The molecule has 0 radical (unpaired) electrons. The van der Waals surface area contributed by atoms with Crippen molar-refractivity contribution >= 4 is 17.7 Å². The maximum atomic E-state index is 13.0. The third-order valence-corrected chi connectivity index (χ3v) is 5.77. The topological polar surface area (TPSA) is 69.7 Å². The number of likely N-dealkylation sites (N-methyl/N-ethyl adjacent to an activating group) is 1. The number of nitrogens with one attached hydrogen (secondary N) is 1. The van der Waals surface area contributed by atoms with E-state index in [2.05, 4.69) is 5.32 Å². The molecule has 0 unspecified atom stereocenters. The predicted octanol–water partition coefficient (Wildman–Crippen LogP) is 2.04. The van der Waals surface area contributed by atoms with Gasteiger partial charge in [0.2, 0.25) is 23.6 Å². The highest BCUT2D eigenvalue weighted by Crippen LogP contribution is 2.44. The Morgan fingerprint density at radius 2 is 1.74 bits per heavy atom. The van der Waals surface area contributed by atoms with Gasteiger partial charge in [-0.15, -0.1) is 0 Å². The van der Waals surface area contributed by atoms with Gasteiger partial charge in [-0.25, -0.2) is 8.78 Å². The zero-order valence-electron chi connectivity index (χ0n) is 16.3. The lowest BCUT2D eigenvalue weighted by Gasteiger charge is -2.36. The van der Waals surface area contributed by atoms with Crippen LogP contribution in [-0.2, 0) is 14.4 Å². The van der Waals surface area contributed by atoms with Crippen LogP contribution >= 0.6 is 0 Å². The molecule has 3 amide bonds. The summed E-state index contributed by atoms with van der Waals surface area (Å²) < 4.78 is 25.9. The molecule has 2 fully saturated rings. The van der Waals surface area contributed by atoms with E-state index in [0.717, 1.165) is 32.4 Å². The minimum atomic E-state index is -2.56. The number of hydrogen-bond donors (Lipinski definition) is 1. The molecule has 1 aliphatic carbocycles. The molecule has 1 saturated heterocycles. The monoisotopic (exact) mass is 387 g/mol. The summed E-state index contributed by atoms with van der Waals surface area (Å²) >= 11 is 0. The fourth-order valence-electron chi connectivity index (χ4n) is 3.89. The molecule has 0 spiro atoms. The molecule has 1 heterocycles. The summed E-state index contributed by atoms with van der Waals surface area (Å²) in [5.74, 6) is -2.50. The molecule has 0 aromatic rings. The number of likely N-dealkylation sites (tertiary alicyclic amines) is 1. The number of hydrogen-bond acceptors (Lipinski definition) is 3. The molecular weight excluding hydrogens is 356 g/mol. The Hall–Kier alpha value is -1.73. The normalized spacial score (nSPS) is 20.1. The average molecular weight is 387 g/mol. The van der Waals surface area contributed by atoms with Crippen LogP contribution in [0.25, 0.3) is 0 Å². The van der Waals surface area contributed by atoms with Crippen LogP contribution in [0.15, 0.2) is 0 Å². The quantitative estimate of drug-likeness (QED) is 0.693. The van der Waals surface area contributed by atoms with Crippen LogP contribution in [-0.4, -0.2) is 66.7 Å². The molecule has 154 valence electrons. The van der Waals surface area contributed by atoms with Crippen LogP contribution in [0.3, 0.4) is 0 Å². The first kappa shape index (κ1) is 21.6. The van der Waals surface area contributed by atoms with Gasteiger partial charge in [-0.05, 0) is 37.5 Å². The van der Waals surface area contributed by atoms with Gasteiger partial charge >= 0.3 is 0 Å². The Kier molecular flexibility index (Phi) is 7.56. The van der Waals surface area contributed by atoms with Crippen LogP contribution in [0.2, 0.25) is 0 Å². The lowest BCUT2D eigenvalue weighted by molar-refractivity contribution is -0.138. The van der Waals surface area contributed by atoms with E-state index < -0.39 is 5.92 Å². The van der Waals surface area contributed by atoms with Crippen molar-refractivity contribution < 1.29 is 23.2 Å². The molecule has 1 saturated carbocycles. The van der Waals surface area contributed by atoms with Gasteiger partial charge in [-0.2, -0.15) is 0 Å². The van der Waals surface area contributed by atoms with E-state index in [9.17, 15) is 23.2 Å². The fourth-order valence-corrected chi connectivity index (χ4v) is 3.89. The summed E-state index contributed by atoms with van der Waals surface area (Å²) in [6.45, 7) is 3.34. The van der Waals surface area contributed by atoms with Gasteiger partial charge < -0.3 is 15.1 Å². The molecule has 0 atom stereocenters. The van der Waals surface area contributed by atoms with Crippen LogP contribution < -0.4 is 5.32 Å². The SMILES string of the molecule is CNC(=O)CN(CCC1CC(F)(F)C1)C(=O)CCC1CCN(C(C)=O)CC1. The van der Waals surface area contributed by atoms with Gasteiger partial charge in [0.05, 0.1) is 6.54 Å². The van der Waals surface area contributed by atoms with Crippen molar-refractivity contribution in [2.75, 3.05) is 33.2 Å². The molecule has 27 heavy (non-hydrogen) atoms. The summed E-state index contributed by atoms with van der Waals surface area (Å²) in [4.78, 5) is 39.0. The summed E-state index contributed by atoms with van der Waals surface area (Å²) in [5, 5.41) is 2.51. The van der Waals surface area contributed by atoms with Gasteiger partial charge in [0.15, 0.2) is 0 Å². The number of amides is 3. The van der Waals surface area contributed by atoms with E-state index in [1.165, 1.54) is 11.9 Å². The summed E-state index contributed by atoms with van der Waals surface area (Å²) in [6, 6.07) is 0. The van der Waals surface area contributed by atoms with Crippen LogP contribution in [0.5, 0.6) is 0 Å². The number of nitrogens with zero attached hydrogens (tertiary/aromatic N) is 2. The largest absolute Gasteiger partial charge is 0.358 e. The molecule has 1 N–H and O–H groups in total. The van der Waals surface area contributed by atoms with E-state index in [1.54, 1.807) is 6.92 Å². The first-order valence-corrected chi connectivity index (χ1v) is 9.82. The van der Waals surface area contributed by atoms with E-state index in [-0.39, 0.29) is 43.0 Å². The van der Waals surface area contributed by atoms with Crippen LogP contribution in [0.1, 0.15) is 51.9 Å². The first-order chi connectivity index (χ1) is 12.7. The number of carbonyl (C=O) groups is 3. The number of carbonyl (C=O) groups excluding carboxylic acids is 3. The van der Waals surface area contributed by atoms with Gasteiger partial charge in [0.1, 0.15) is 0 Å². The predicted molar refractivity (Wildman–Crippen MR) is 97.1 cm³/mol. The Morgan fingerprint density at radius 3 is 2.26 bits per heavy atom. The van der Waals surface area contributed by atoms with Gasteiger partial charge in [0.25, 0.3) is 0 Å². The second-order valence-electron chi connectivity index (χ2n) is 7.90. The van der Waals surface area contributed by atoms with Gasteiger partial charge in [-0.1, -0.05) is 0 Å². The molecule has 6 nitrogen and oxygen atoms in total. The Bertz CT molecular complexity index is 540. The molecule has 2 aliphatic rings. The molecular formula is C19H31F2N3O3. The first-order valence-electron chi connectivity index (χ1n) is 9.82. The average Bonchev–Trinajstić information content (AvgIpc) is 2.61. The summed E-state index contributed by atoms with van der Waals surface area (Å²) in [5.41, 5.74) is 0. The van der Waals surface area contributed by atoms with Crippen molar-refractivity contribution in [1.82, 2.24) is 15.1 Å². The Morgan fingerprint density at radius 1 is 1.11 bits per heavy atom. The van der Waals surface area contributed by atoms with Crippen LogP contribution in [0.4, 0.5) is 8.78 Å². The van der Waals surface area contributed by atoms with Crippen LogP contribution in [0, 0.1) is 11.8 Å². The van der Waals surface area contributed by atoms with Crippen molar-refractivity contribution in [1.29, 1.82) is 0 Å².